The summed E-state index contributed by atoms with van der Waals surface area (Å²) in [5.74, 6) is -0.0889. The smallest absolute Gasteiger partial charge is 0.387 e. The molecule has 1 heterocycles. The maximum atomic E-state index is 11.7. The molecular weight excluding hydrogens is 246 g/mol. The van der Waals surface area contributed by atoms with E-state index in [-0.39, 0.29) is 15.9 Å². The van der Waals surface area contributed by atoms with Crippen LogP contribution >= 0.6 is 15.9 Å². The largest absolute Gasteiger partial charge is 0.432 e. The molecule has 1 aromatic heterocycles. The molecule has 1 aromatic rings. The quantitative estimate of drug-likeness (QED) is 0.807. The van der Waals surface area contributed by atoms with Crippen molar-refractivity contribution in [1.29, 1.82) is 5.26 Å². The predicted octanol–water partition coefficient (Wildman–Crippen LogP) is 2.32. The van der Waals surface area contributed by atoms with E-state index in [1.165, 1.54) is 6.07 Å². The lowest BCUT2D eigenvalue weighted by Gasteiger charge is -2.05. The van der Waals surface area contributed by atoms with Gasteiger partial charge in [0, 0.05) is 0 Å². The summed E-state index contributed by atoms with van der Waals surface area (Å²) in [6.45, 7) is -2.90. The van der Waals surface area contributed by atoms with E-state index in [4.69, 9.17) is 5.26 Å². The van der Waals surface area contributed by atoms with Gasteiger partial charge in [0.05, 0.1) is 10.7 Å². The van der Waals surface area contributed by atoms with Crippen LogP contribution in [0.25, 0.3) is 0 Å². The molecule has 0 saturated carbocycles. The summed E-state index contributed by atoms with van der Waals surface area (Å²) >= 11 is 2.97. The Morgan fingerprint density at radius 2 is 2.31 bits per heavy atom. The summed E-state index contributed by atoms with van der Waals surface area (Å²) in [4.78, 5) is 3.56. The summed E-state index contributed by atoms with van der Waals surface area (Å²) in [6.07, 6.45) is 1.06. The highest BCUT2D eigenvalue weighted by molar-refractivity contribution is 9.10. The first kappa shape index (κ1) is 9.86. The molecule has 1 rings (SSSR count). The first-order valence-corrected chi connectivity index (χ1v) is 3.93. The first-order chi connectivity index (χ1) is 6.13. The molecule has 0 atom stereocenters. The molecule has 0 unspecified atom stereocenters. The molecule has 13 heavy (non-hydrogen) atoms. The van der Waals surface area contributed by atoms with Gasteiger partial charge in [-0.05, 0) is 22.0 Å². The Kier molecular flexibility index (Phi) is 3.14. The first-order valence-electron chi connectivity index (χ1n) is 3.14. The SMILES string of the molecule is N#Cc1cc(Br)c(OC(F)F)cn1. The molecule has 0 fully saturated rings. The molecule has 6 heteroatoms. The minimum Gasteiger partial charge on any atom is -0.432 e. The van der Waals surface area contributed by atoms with Crippen molar-refractivity contribution in [3.63, 3.8) is 0 Å². The van der Waals surface area contributed by atoms with Gasteiger partial charge >= 0.3 is 6.61 Å². The molecule has 0 amide bonds. The second-order valence-electron chi connectivity index (χ2n) is 1.99. The van der Waals surface area contributed by atoms with Gasteiger partial charge in [-0.25, -0.2) is 4.98 Å². The Labute approximate surface area is 81.1 Å². The van der Waals surface area contributed by atoms with Crippen LogP contribution in [0.2, 0.25) is 0 Å². The molecular formula is C7H3BrF2N2O. The molecule has 0 aromatic carbocycles. The highest BCUT2D eigenvalue weighted by atomic mass is 79.9. The zero-order chi connectivity index (χ0) is 9.84. The molecule has 0 spiro atoms. The summed E-state index contributed by atoms with van der Waals surface area (Å²) in [5, 5.41) is 8.41. The fourth-order valence-corrected chi connectivity index (χ4v) is 1.07. The topological polar surface area (TPSA) is 45.9 Å². The highest BCUT2D eigenvalue weighted by Crippen LogP contribution is 2.25. The van der Waals surface area contributed by atoms with Gasteiger partial charge in [-0.1, -0.05) is 0 Å². The predicted molar refractivity (Wildman–Crippen MR) is 43.3 cm³/mol. The molecule has 0 aliphatic rings. The lowest BCUT2D eigenvalue weighted by Crippen LogP contribution is -2.03. The third kappa shape index (κ3) is 2.63. The van der Waals surface area contributed by atoms with Crippen molar-refractivity contribution in [3.8, 4) is 11.8 Å². The number of hydrogen-bond acceptors (Lipinski definition) is 3. The second kappa shape index (κ2) is 4.14. The van der Waals surface area contributed by atoms with E-state index in [1.807, 2.05) is 0 Å². The number of alkyl halides is 2. The number of hydrogen-bond donors (Lipinski definition) is 0. The molecule has 0 radical (unpaired) electrons. The number of rotatable bonds is 2. The number of aromatic nitrogens is 1. The third-order valence-electron chi connectivity index (χ3n) is 1.15. The van der Waals surface area contributed by atoms with Gasteiger partial charge in [-0.2, -0.15) is 14.0 Å². The fraction of sp³-hybridized carbons (Fsp3) is 0.143. The maximum absolute atomic E-state index is 11.7. The van der Waals surface area contributed by atoms with E-state index in [1.54, 1.807) is 6.07 Å². The van der Waals surface area contributed by atoms with Crippen LogP contribution in [0.1, 0.15) is 5.69 Å². The van der Waals surface area contributed by atoms with Crippen LogP contribution in [-0.2, 0) is 0 Å². The van der Waals surface area contributed by atoms with E-state index in [0.29, 0.717) is 0 Å². The molecule has 68 valence electrons. The lowest BCUT2D eigenvalue weighted by molar-refractivity contribution is -0.0505. The Balaban J connectivity index is 2.93. The summed E-state index contributed by atoms with van der Waals surface area (Å²) < 4.78 is 27.9. The zero-order valence-corrected chi connectivity index (χ0v) is 7.75. The highest BCUT2D eigenvalue weighted by Gasteiger charge is 2.08. The third-order valence-corrected chi connectivity index (χ3v) is 1.77. The van der Waals surface area contributed by atoms with Gasteiger partial charge < -0.3 is 4.74 Å². The number of nitriles is 1. The Morgan fingerprint density at radius 3 is 2.77 bits per heavy atom. The van der Waals surface area contributed by atoms with Crippen LogP contribution in [0.3, 0.4) is 0 Å². The standard InChI is InChI=1S/C7H3BrF2N2O/c8-5-1-4(2-11)12-3-6(5)13-7(9)10/h1,3,7H. The number of nitrogens with zero attached hydrogens (tertiary/aromatic N) is 2. The Bertz CT molecular complexity index is 351. The van der Waals surface area contributed by atoms with E-state index >= 15 is 0 Å². The van der Waals surface area contributed by atoms with Gasteiger partial charge in [0.2, 0.25) is 0 Å². The Morgan fingerprint density at radius 1 is 1.62 bits per heavy atom. The van der Waals surface area contributed by atoms with Gasteiger partial charge in [0.15, 0.2) is 5.75 Å². The minimum atomic E-state index is -2.90. The van der Waals surface area contributed by atoms with E-state index in [2.05, 4.69) is 25.7 Å². The fourth-order valence-electron chi connectivity index (χ4n) is 0.662. The van der Waals surface area contributed by atoms with Crippen LogP contribution in [0.15, 0.2) is 16.7 Å². The minimum absolute atomic E-state index is 0.0889. The van der Waals surface area contributed by atoms with Crippen LogP contribution in [0.5, 0.6) is 5.75 Å². The van der Waals surface area contributed by atoms with Crippen LogP contribution in [0, 0.1) is 11.3 Å². The van der Waals surface area contributed by atoms with Crippen molar-refractivity contribution in [1.82, 2.24) is 4.98 Å². The zero-order valence-electron chi connectivity index (χ0n) is 6.17. The molecule has 0 aliphatic heterocycles. The van der Waals surface area contributed by atoms with E-state index < -0.39 is 6.61 Å². The normalized spacial score (nSPS) is 9.77. The molecule has 0 aliphatic carbocycles. The van der Waals surface area contributed by atoms with Crippen LogP contribution < -0.4 is 4.74 Å². The number of pyridine rings is 1. The summed E-state index contributed by atoms with van der Waals surface area (Å²) in [7, 11) is 0. The summed E-state index contributed by atoms with van der Waals surface area (Å²) in [5.41, 5.74) is 0.133. The average molecular weight is 249 g/mol. The van der Waals surface area contributed by atoms with Gasteiger partial charge in [0.1, 0.15) is 11.8 Å². The van der Waals surface area contributed by atoms with Crippen LogP contribution in [-0.4, -0.2) is 11.6 Å². The van der Waals surface area contributed by atoms with Crippen LogP contribution in [0.4, 0.5) is 8.78 Å². The number of ether oxygens (including phenoxy) is 1. The van der Waals surface area contributed by atoms with Crippen molar-refractivity contribution in [2.24, 2.45) is 0 Å². The van der Waals surface area contributed by atoms with Crippen molar-refractivity contribution in [2.75, 3.05) is 0 Å². The lowest BCUT2D eigenvalue weighted by atomic mass is 10.4. The van der Waals surface area contributed by atoms with E-state index in [9.17, 15) is 8.78 Å². The second-order valence-corrected chi connectivity index (χ2v) is 2.84. The van der Waals surface area contributed by atoms with Crippen molar-refractivity contribution >= 4 is 15.9 Å². The van der Waals surface area contributed by atoms with Crippen molar-refractivity contribution in [2.45, 2.75) is 6.61 Å². The monoisotopic (exact) mass is 248 g/mol. The maximum Gasteiger partial charge on any atom is 0.387 e. The summed E-state index contributed by atoms with van der Waals surface area (Å²) in [6, 6.07) is 3.07. The van der Waals surface area contributed by atoms with Crippen molar-refractivity contribution < 1.29 is 13.5 Å². The van der Waals surface area contributed by atoms with Gasteiger partial charge in [0.25, 0.3) is 0 Å². The molecule has 0 N–H and O–H groups in total. The number of halogens is 3. The van der Waals surface area contributed by atoms with E-state index in [0.717, 1.165) is 6.20 Å². The average Bonchev–Trinajstić information content (AvgIpc) is 2.08. The Hall–Kier alpha value is -1.22. The van der Waals surface area contributed by atoms with Gasteiger partial charge in [-0.3, -0.25) is 0 Å². The van der Waals surface area contributed by atoms with Gasteiger partial charge in [-0.15, -0.1) is 0 Å². The molecule has 0 bridgehead atoms. The molecule has 0 saturated heterocycles. The molecule has 3 nitrogen and oxygen atoms in total. The van der Waals surface area contributed by atoms with Crippen molar-refractivity contribution in [3.05, 3.63) is 22.4 Å².